The topological polar surface area (TPSA) is 108 Å². The number of aromatic nitrogens is 1. The number of esters is 2. The standard InChI is InChI=1S/C15H14N2O6/c1-21-14(19)9-3-4-11(15(20)22-2)12(5-9)17-13(18)6-10-7-23-8-16-10/h3-5,7-8H,6H2,1-2H3,(H,17,18). The van der Waals surface area contributed by atoms with Gasteiger partial charge in [0, 0.05) is 0 Å². The van der Waals surface area contributed by atoms with Gasteiger partial charge in [-0.05, 0) is 18.2 Å². The zero-order valence-corrected chi connectivity index (χ0v) is 12.5. The fourth-order valence-electron chi connectivity index (χ4n) is 1.86. The number of methoxy groups -OCH3 is 2. The number of benzene rings is 1. The summed E-state index contributed by atoms with van der Waals surface area (Å²) in [5, 5.41) is 2.55. The van der Waals surface area contributed by atoms with Crippen molar-refractivity contribution < 1.29 is 28.3 Å². The van der Waals surface area contributed by atoms with Gasteiger partial charge < -0.3 is 19.2 Å². The summed E-state index contributed by atoms with van der Waals surface area (Å²) in [6.45, 7) is 0. The lowest BCUT2D eigenvalue weighted by atomic mass is 10.1. The normalized spacial score (nSPS) is 10.0. The molecule has 1 aromatic carbocycles. The summed E-state index contributed by atoms with van der Waals surface area (Å²) in [5.74, 6) is -1.65. The zero-order chi connectivity index (χ0) is 16.8. The Balaban J connectivity index is 2.27. The number of carbonyl (C=O) groups is 3. The first kappa shape index (κ1) is 16.2. The average molecular weight is 318 g/mol. The Hall–Kier alpha value is -3.16. The number of hydrogen-bond donors (Lipinski definition) is 1. The molecule has 23 heavy (non-hydrogen) atoms. The molecule has 0 atom stereocenters. The molecule has 0 aliphatic rings. The molecule has 8 nitrogen and oxygen atoms in total. The fourth-order valence-corrected chi connectivity index (χ4v) is 1.86. The van der Waals surface area contributed by atoms with Crippen molar-refractivity contribution in [2.24, 2.45) is 0 Å². The van der Waals surface area contributed by atoms with Crippen LogP contribution in [0.4, 0.5) is 5.69 Å². The molecule has 0 spiro atoms. The van der Waals surface area contributed by atoms with E-state index in [2.05, 4.69) is 19.8 Å². The third kappa shape index (κ3) is 3.94. The Labute approximate surface area is 131 Å². The molecule has 1 aromatic heterocycles. The molecule has 0 saturated carbocycles. The van der Waals surface area contributed by atoms with Crippen LogP contribution in [-0.4, -0.2) is 37.0 Å². The number of hydrogen-bond acceptors (Lipinski definition) is 7. The molecule has 1 heterocycles. The van der Waals surface area contributed by atoms with Gasteiger partial charge in [0.15, 0.2) is 6.39 Å². The first-order chi connectivity index (χ1) is 11.0. The second kappa shape index (κ2) is 7.21. The van der Waals surface area contributed by atoms with E-state index in [1.165, 1.54) is 45.1 Å². The summed E-state index contributed by atoms with van der Waals surface area (Å²) in [4.78, 5) is 39.2. The van der Waals surface area contributed by atoms with E-state index in [1.807, 2.05) is 0 Å². The first-order valence-electron chi connectivity index (χ1n) is 6.52. The Kier molecular flexibility index (Phi) is 5.08. The Morgan fingerprint density at radius 1 is 1.17 bits per heavy atom. The van der Waals surface area contributed by atoms with Crippen LogP contribution in [0, 0.1) is 0 Å². The molecule has 2 aromatic rings. The predicted octanol–water partition coefficient (Wildman–Crippen LogP) is 1.43. The lowest BCUT2D eigenvalue weighted by Crippen LogP contribution is -2.18. The largest absolute Gasteiger partial charge is 0.465 e. The molecule has 0 saturated heterocycles. The van der Waals surface area contributed by atoms with Crippen molar-refractivity contribution in [3.63, 3.8) is 0 Å². The van der Waals surface area contributed by atoms with E-state index in [0.717, 1.165) is 0 Å². The number of ether oxygens (including phenoxy) is 2. The van der Waals surface area contributed by atoms with E-state index < -0.39 is 17.8 Å². The van der Waals surface area contributed by atoms with Gasteiger partial charge in [0.05, 0.1) is 43.1 Å². The van der Waals surface area contributed by atoms with Gasteiger partial charge in [-0.2, -0.15) is 0 Å². The van der Waals surface area contributed by atoms with Crippen LogP contribution in [0.3, 0.4) is 0 Å². The van der Waals surface area contributed by atoms with Crippen molar-refractivity contribution in [2.45, 2.75) is 6.42 Å². The van der Waals surface area contributed by atoms with Gasteiger partial charge in [0.2, 0.25) is 5.91 Å². The molecular weight excluding hydrogens is 304 g/mol. The minimum absolute atomic E-state index is 0.0421. The van der Waals surface area contributed by atoms with Crippen molar-refractivity contribution in [1.29, 1.82) is 0 Å². The zero-order valence-electron chi connectivity index (χ0n) is 12.5. The summed E-state index contributed by atoms with van der Waals surface area (Å²) in [6, 6.07) is 4.13. The fraction of sp³-hybridized carbons (Fsp3) is 0.200. The van der Waals surface area contributed by atoms with Gasteiger partial charge in [-0.25, -0.2) is 14.6 Å². The molecule has 2 rings (SSSR count). The number of carbonyl (C=O) groups excluding carboxylic acids is 3. The summed E-state index contributed by atoms with van der Waals surface area (Å²) in [5.41, 5.74) is 0.894. The molecule has 0 radical (unpaired) electrons. The Morgan fingerprint density at radius 2 is 1.91 bits per heavy atom. The van der Waals surface area contributed by atoms with Crippen molar-refractivity contribution in [3.8, 4) is 0 Å². The minimum Gasteiger partial charge on any atom is -0.465 e. The van der Waals surface area contributed by atoms with Gasteiger partial charge in [-0.15, -0.1) is 0 Å². The number of nitrogens with zero attached hydrogens (tertiary/aromatic N) is 1. The van der Waals surface area contributed by atoms with Gasteiger partial charge >= 0.3 is 11.9 Å². The van der Waals surface area contributed by atoms with Gasteiger partial charge in [0.25, 0.3) is 0 Å². The van der Waals surface area contributed by atoms with Gasteiger partial charge in [-0.1, -0.05) is 0 Å². The predicted molar refractivity (Wildman–Crippen MR) is 78.0 cm³/mol. The lowest BCUT2D eigenvalue weighted by molar-refractivity contribution is -0.115. The monoisotopic (exact) mass is 318 g/mol. The summed E-state index contributed by atoms with van der Waals surface area (Å²) in [7, 11) is 2.46. The van der Waals surface area contributed by atoms with Crippen LogP contribution < -0.4 is 5.32 Å². The quantitative estimate of drug-likeness (QED) is 0.831. The van der Waals surface area contributed by atoms with Crippen molar-refractivity contribution >= 4 is 23.5 Å². The Bertz CT molecular complexity index is 724. The second-order valence-corrected chi connectivity index (χ2v) is 4.45. The number of oxazole rings is 1. The SMILES string of the molecule is COC(=O)c1ccc(C(=O)OC)c(NC(=O)Cc2cocn2)c1. The van der Waals surface area contributed by atoms with E-state index >= 15 is 0 Å². The number of nitrogens with one attached hydrogen (secondary N) is 1. The van der Waals surface area contributed by atoms with Crippen LogP contribution >= 0.6 is 0 Å². The van der Waals surface area contributed by atoms with Crippen molar-refractivity contribution in [3.05, 3.63) is 47.7 Å². The van der Waals surface area contributed by atoms with Crippen molar-refractivity contribution in [2.75, 3.05) is 19.5 Å². The van der Waals surface area contributed by atoms with Crippen LogP contribution in [0.1, 0.15) is 26.4 Å². The highest BCUT2D eigenvalue weighted by molar-refractivity contribution is 6.03. The third-order valence-corrected chi connectivity index (χ3v) is 2.95. The molecule has 1 amide bonds. The molecule has 8 heteroatoms. The van der Waals surface area contributed by atoms with Crippen LogP contribution in [0.15, 0.2) is 35.3 Å². The number of rotatable bonds is 5. The van der Waals surface area contributed by atoms with E-state index in [4.69, 9.17) is 4.42 Å². The number of amides is 1. The van der Waals surface area contributed by atoms with E-state index in [9.17, 15) is 14.4 Å². The summed E-state index contributed by atoms with van der Waals surface area (Å²) < 4.78 is 14.1. The maximum Gasteiger partial charge on any atom is 0.339 e. The molecular formula is C15H14N2O6. The molecule has 0 bridgehead atoms. The van der Waals surface area contributed by atoms with E-state index in [0.29, 0.717) is 5.69 Å². The highest BCUT2D eigenvalue weighted by Gasteiger charge is 2.17. The maximum absolute atomic E-state index is 12.0. The summed E-state index contributed by atoms with van der Waals surface area (Å²) in [6.07, 6.45) is 2.51. The van der Waals surface area contributed by atoms with Crippen LogP contribution in [0.25, 0.3) is 0 Å². The Morgan fingerprint density at radius 3 is 2.52 bits per heavy atom. The highest BCUT2D eigenvalue weighted by atomic mass is 16.5. The molecule has 1 N–H and O–H groups in total. The van der Waals surface area contributed by atoms with Crippen LogP contribution in [0.2, 0.25) is 0 Å². The maximum atomic E-state index is 12.0. The van der Waals surface area contributed by atoms with E-state index in [-0.39, 0.29) is 23.2 Å². The smallest absolute Gasteiger partial charge is 0.339 e. The minimum atomic E-state index is -0.641. The van der Waals surface area contributed by atoms with Crippen molar-refractivity contribution in [1.82, 2.24) is 4.98 Å². The molecule has 0 fully saturated rings. The van der Waals surface area contributed by atoms with Crippen LogP contribution in [-0.2, 0) is 20.7 Å². The number of anilines is 1. The third-order valence-electron chi connectivity index (χ3n) is 2.95. The first-order valence-corrected chi connectivity index (χ1v) is 6.52. The molecule has 120 valence electrons. The van der Waals surface area contributed by atoms with Gasteiger partial charge in [0.1, 0.15) is 6.26 Å². The van der Waals surface area contributed by atoms with E-state index in [1.54, 1.807) is 0 Å². The molecule has 0 aliphatic heterocycles. The molecule has 0 aliphatic carbocycles. The molecule has 0 unspecified atom stereocenters. The van der Waals surface area contributed by atoms with Gasteiger partial charge in [-0.3, -0.25) is 4.79 Å². The average Bonchev–Trinajstić information content (AvgIpc) is 3.06. The van der Waals surface area contributed by atoms with Crippen LogP contribution in [0.5, 0.6) is 0 Å². The highest BCUT2D eigenvalue weighted by Crippen LogP contribution is 2.20. The lowest BCUT2D eigenvalue weighted by Gasteiger charge is -2.11. The summed E-state index contributed by atoms with van der Waals surface area (Å²) >= 11 is 0. The second-order valence-electron chi connectivity index (χ2n) is 4.45.